The fourth-order valence-electron chi connectivity index (χ4n) is 6.20. The lowest BCUT2D eigenvalue weighted by atomic mass is 9.49. The van der Waals surface area contributed by atoms with Crippen LogP contribution in [0.15, 0.2) is 23.1 Å². The summed E-state index contributed by atoms with van der Waals surface area (Å²) in [5.74, 6) is 2.81. The van der Waals surface area contributed by atoms with Gasteiger partial charge in [-0.05, 0) is 79.9 Å². The normalized spacial score (nSPS) is 31.2. The maximum Gasteiger partial charge on any atom is 0.242 e. The summed E-state index contributed by atoms with van der Waals surface area (Å²) < 4.78 is 31.4. The molecule has 4 bridgehead atoms. The van der Waals surface area contributed by atoms with Gasteiger partial charge in [0.15, 0.2) is 0 Å². The van der Waals surface area contributed by atoms with E-state index in [1.807, 2.05) is 0 Å². The number of carbonyl (C=O) groups excluding carboxylic acids is 1. The third-order valence-electron chi connectivity index (χ3n) is 6.92. The van der Waals surface area contributed by atoms with Crippen molar-refractivity contribution < 1.29 is 17.9 Å². The number of benzene rings is 1. The fourth-order valence-corrected chi connectivity index (χ4v) is 7.13. The Balaban J connectivity index is 1.53. The molecule has 7 heteroatoms. The molecule has 0 heterocycles. The molecule has 28 heavy (non-hydrogen) atoms. The van der Waals surface area contributed by atoms with E-state index in [2.05, 4.69) is 5.32 Å². The zero-order valence-electron chi connectivity index (χ0n) is 16.9. The van der Waals surface area contributed by atoms with Crippen LogP contribution in [-0.4, -0.2) is 39.8 Å². The largest absolute Gasteiger partial charge is 0.495 e. The lowest BCUT2D eigenvalue weighted by molar-refractivity contribution is -0.124. The molecule has 0 aromatic heterocycles. The monoisotopic (exact) mass is 406 g/mol. The number of methoxy groups -OCH3 is 1. The van der Waals surface area contributed by atoms with Gasteiger partial charge < -0.3 is 10.1 Å². The highest BCUT2D eigenvalue weighted by molar-refractivity contribution is 7.89. The van der Waals surface area contributed by atoms with Crippen LogP contribution in [0.25, 0.3) is 0 Å². The summed E-state index contributed by atoms with van der Waals surface area (Å²) in [6, 6.07) is 4.59. The van der Waals surface area contributed by atoms with E-state index < -0.39 is 10.0 Å². The van der Waals surface area contributed by atoms with Gasteiger partial charge in [0.1, 0.15) is 5.75 Å². The molecule has 0 unspecified atom stereocenters. The number of hydrogen-bond donors (Lipinski definition) is 1. The van der Waals surface area contributed by atoms with Crippen molar-refractivity contribution in [3.05, 3.63) is 18.2 Å². The first-order valence-electron chi connectivity index (χ1n) is 10.1. The van der Waals surface area contributed by atoms with Gasteiger partial charge in [0, 0.05) is 20.5 Å². The SMILES string of the molecule is COc1ccc(S(=O)(=O)N(C)C)cc1NC(=O)CC12CC3CC(CC(C3)C1)C2. The average Bonchev–Trinajstić information content (AvgIpc) is 2.59. The van der Waals surface area contributed by atoms with E-state index in [4.69, 9.17) is 4.74 Å². The Morgan fingerprint density at radius 3 is 2.21 bits per heavy atom. The minimum Gasteiger partial charge on any atom is -0.495 e. The molecule has 1 N–H and O–H groups in total. The van der Waals surface area contributed by atoms with E-state index in [1.54, 1.807) is 6.07 Å². The lowest BCUT2D eigenvalue weighted by Crippen LogP contribution is -2.47. The van der Waals surface area contributed by atoms with E-state index in [9.17, 15) is 13.2 Å². The van der Waals surface area contributed by atoms with Crippen LogP contribution in [0, 0.1) is 23.2 Å². The second-order valence-corrected chi connectivity index (χ2v) is 11.4. The number of amides is 1. The van der Waals surface area contributed by atoms with E-state index >= 15 is 0 Å². The van der Waals surface area contributed by atoms with Crippen molar-refractivity contribution in [1.82, 2.24) is 4.31 Å². The van der Waals surface area contributed by atoms with Gasteiger partial charge >= 0.3 is 0 Å². The van der Waals surface area contributed by atoms with E-state index in [0.29, 0.717) is 17.9 Å². The summed E-state index contributed by atoms with van der Waals surface area (Å²) in [6.45, 7) is 0. The van der Waals surface area contributed by atoms with E-state index in [-0.39, 0.29) is 16.2 Å². The van der Waals surface area contributed by atoms with Crippen LogP contribution in [0.4, 0.5) is 5.69 Å². The van der Waals surface area contributed by atoms with Gasteiger partial charge in [-0.1, -0.05) is 0 Å². The predicted octanol–water partition coefficient (Wildman–Crippen LogP) is 3.49. The Bertz CT molecular complexity index is 843. The second-order valence-electron chi connectivity index (χ2n) is 9.29. The minimum absolute atomic E-state index is 0.0420. The van der Waals surface area contributed by atoms with Crippen molar-refractivity contribution >= 4 is 21.6 Å². The summed E-state index contributed by atoms with van der Waals surface area (Å²) in [7, 11) is 0.923. The van der Waals surface area contributed by atoms with E-state index in [0.717, 1.165) is 22.1 Å². The summed E-state index contributed by atoms with van der Waals surface area (Å²) in [6.07, 6.45) is 8.05. The molecule has 4 fully saturated rings. The Labute approximate surface area is 167 Å². The van der Waals surface area contributed by atoms with Crippen LogP contribution in [-0.2, 0) is 14.8 Å². The topological polar surface area (TPSA) is 75.7 Å². The molecule has 0 saturated heterocycles. The van der Waals surface area contributed by atoms with Crippen LogP contribution < -0.4 is 10.1 Å². The molecule has 4 saturated carbocycles. The summed E-state index contributed by atoms with van der Waals surface area (Å²) in [4.78, 5) is 13.1. The number of carbonyl (C=O) groups is 1. The van der Waals surface area contributed by atoms with Crippen molar-refractivity contribution in [2.75, 3.05) is 26.5 Å². The Morgan fingerprint density at radius 1 is 1.14 bits per heavy atom. The highest BCUT2D eigenvalue weighted by Gasteiger charge is 2.51. The Kier molecular flexibility index (Phi) is 4.94. The van der Waals surface area contributed by atoms with Crippen molar-refractivity contribution in [1.29, 1.82) is 0 Å². The molecule has 1 aromatic carbocycles. The second kappa shape index (κ2) is 7.02. The van der Waals surface area contributed by atoms with Gasteiger partial charge in [-0.15, -0.1) is 0 Å². The number of sulfonamides is 1. The predicted molar refractivity (Wildman–Crippen MR) is 108 cm³/mol. The third kappa shape index (κ3) is 3.54. The molecule has 1 amide bonds. The quantitative estimate of drug-likeness (QED) is 0.785. The first kappa shape index (κ1) is 19.7. The first-order valence-corrected chi connectivity index (χ1v) is 11.6. The first-order chi connectivity index (χ1) is 13.2. The van der Waals surface area contributed by atoms with Crippen LogP contribution in [0.5, 0.6) is 5.75 Å². The molecule has 4 aliphatic carbocycles. The molecule has 5 rings (SSSR count). The maximum absolute atomic E-state index is 12.9. The van der Waals surface area contributed by atoms with E-state index in [1.165, 1.54) is 71.9 Å². The molecule has 6 nitrogen and oxygen atoms in total. The minimum atomic E-state index is -3.58. The number of nitrogens with one attached hydrogen (secondary N) is 1. The van der Waals surface area contributed by atoms with Gasteiger partial charge in [0.25, 0.3) is 0 Å². The highest BCUT2D eigenvalue weighted by Crippen LogP contribution is 2.61. The maximum atomic E-state index is 12.9. The van der Waals surface area contributed by atoms with Crippen LogP contribution in [0.2, 0.25) is 0 Å². The summed E-state index contributed by atoms with van der Waals surface area (Å²) >= 11 is 0. The molecular formula is C21H30N2O4S. The zero-order chi connectivity index (χ0) is 20.1. The third-order valence-corrected chi connectivity index (χ3v) is 8.74. The number of hydrogen-bond acceptors (Lipinski definition) is 4. The molecule has 154 valence electrons. The van der Waals surface area contributed by atoms with Crippen LogP contribution in [0.3, 0.4) is 0 Å². The number of anilines is 1. The summed E-state index contributed by atoms with van der Waals surface area (Å²) in [5, 5.41) is 2.94. The average molecular weight is 407 g/mol. The van der Waals surface area contributed by atoms with Gasteiger partial charge in [-0.3, -0.25) is 4.79 Å². The fraction of sp³-hybridized carbons (Fsp3) is 0.667. The molecule has 0 radical (unpaired) electrons. The van der Waals surface area contributed by atoms with Crippen LogP contribution in [0.1, 0.15) is 44.9 Å². The lowest BCUT2D eigenvalue weighted by Gasteiger charge is -2.56. The summed E-state index contributed by atoms with van der Waals surface area (Å²) in [5.41, 5.74) is 0.555. The molecule has 1 aromatic rings. The van der Waals surface area contributed by atoms with Crippen molar-refractivity contribution in [2.24, 2.45) is 23.2 Å². The highest BCUT2D eigenvalue weighted by atomic mass is 32.2. The number of nitrogens with zero attached hydrogens (tertiary/aromatic N) is 1. The van der Waals surface area contributed by atoms with Crippen molar-refractivity contribution in [2.45, 2.75) is 49.8 Å². The zero-order valence-corrected chi connectivity index (χ0v) is 17.7. The Morgan fingerprint density at radius 2 is 1.71 bits per heavy atom. The van der Waals surface area contributed by atoms with Gasteiger partial charge in [0.2, 0.25) is 15.9 Å². The molecule has 0 aliphatic heterocycles. The molecule has 4 aliphatic rings. The number of rotatable bonds is 6. The van der Waals surface area contributed by atoms with Crippen LogP contribution >= 0.6 is 0 Å². The van der Waals surface area contributed by atoms with Crippen molar-refractivity contribution in [3.63, 3.8) is 0 Å². The molecule has 0 spiro atoms. The number of ether oxygens (including phenoxy) is 1. The van der Waals surface area contributed by atoms with Gasteiger partial charge in [0.05, 0.1) is 17.7 Å². The van der Waals surface area contributed by atoms with Gasteiger partial charge in [-0.2, -0.15) is 0 Å². The van der Waals surface area contributed by atoms with Crippen molar-refractivity contribution in [3.8, 4) is 5.75 Å². The Hall–Kier alpha value is -1.60. The molecular weight excluding hydrogens is 376 g/mol. The smallest absolute Gasteiger partial charge is 0.242 e. The standard InChI is InChI=1S/C21H30N2O4S/c1-23(2)28(25,26)17-4-5-19(27-3)18(9-17)22-20(24)13-21-10-14-6-15(11-21)8-16(7-14)12-21/h4-5,9,14-16H,6-8,10-13H2,1-3H3,(H,22,24). The molecule has 0 atom stereocenters. The van der Waals surface area contributed by atoms with Gasteiger partial charge in [-0.25, -0.2) is 12.7 Å².